The molecule has 4 aromatic rings. The van der Waals surface area contributed by atoms with Crippen molar-refractivity contribution in [2.75, 3.05) is 5.32 Å². The molecule has 2 aromatic heterocycles. The smallest absolute Gasteiger partial charge is 0.408 e. The number of carbonyl (C=O) groups is 1. The summed E-state index contributed by atoms with van der Waals surface area (Å²) in [5.41, 5.74) is 3.74. The van der Waals surface area contributed by atoms with Crippen LogP contribution >= 0.6 is 0 Å². The van der Waals surface area contributed by atoms with Crippen molar-refractivity contribution in [3.05, 3.63) is 70.3 Å². The molecule has 0 aliphatic carbocycles. The van der Waals surface area contributed by atoms with Gasteiger partial charge in [0.25, 0.3) is 5.91 Å². The Hall–Kier alpha value is -3.41. The van der Waals surface area contributed by atoms with Crippen LogP contribution in [-0.2, 0) is 7.05 Å². The number of amides is 1. The number of fused-ring (bicyclic) bond motifs is 2. The highest BCUT2D eigenvalue weighted by atomic mass is 16.4. The highest BCUT2D eigenvalue weighted by molar-refractivity contribution is 6.13. The maximum Gasteiger partial charge on any atom is 0.419 e. The monoisotopic (exact) mass is 333 g/mol. The second kappa shape index (κ2) is 5.59. The van der Waals surface area contributed by atoms with Gasteiger partial charge in [0.2, 0.25) is 0 Å². The van der Waals surface area contributed by atoms with Crippen molar-refractivity contribution in [3.8, 4) is 0 Å². The molecule has 1 N–H and O–H groups in total. The van der Waals surface area contributed by atoms with E-state index in [1.54, 1.807) is 31.4 Å². The Labute approximate surface area is 142 Å². The Morgan fingerprint density at radius 1 is 1.20 bits per heavy atom. The number of carbonyl (C=O) groups excluding carboxylic acids is 1. The van der Waals surface area contributed by atoms with Crippen LogP contribution in [0.3, 0.4) is 0 Å². The first-order valence-corrected chi connectivity index (χ1v) is 7.80. The van der Waals surface area contributed by atoms with Crippen LogP contribution in [0.1, 0.15) is 15.9 Å². The van der Waals surface area contributed by atoms with Gasteiger partial charge in [-0.15, -0.1) is 0 Å². The van der Waals surface area contributed by atoms with E-state index in [0.717, 1.165) is 10.9 Å². The van der Waals surface area contributed by atoms with Crippen molar-refractivity contribution in [2.24, 2.45) is 7.05 Å². The molecule has 0 aliphatic rings. The summed E-state index contributed by atoms with van der Waals surface area (Å²) >= 11 is 0. The molecule has 25 heavy (non-hydrogen) atoms. The first-order valence-electron chi connectivity index (χ1n) is 7.80. The third-order valence-corrected chi connectivity index (χ3v) is 4.26. The molecule has 0 radical (unpaired) electrons. The number of aryl methyl sites for hydroxylation is 2. The highest BCUT2D eigenvalue weighted by Crippen LogP contribution is 2.23. The number of pyridine rings is 1. The molecule has 4 rings (SSSR count). The Balaban J connectivity index is 1.77. The summed E-state index contributed by atoms with van der Waals surface area (Å²) in [6.45, 7) is 1.88. The summed E-state index contributed by atoms with van der Waals surface area (Å²) in [5.74, 6) is -0.679. The van der Waals surface area contributed by atoms with Crippen molar-refractivity contribution in [3.63, 3.8) is 0 Å². The fourth-order valence-corrected chi connectivity index (χ4v) is 2.93. The van der Waals surface area contributed by atoms with Crippen LogP contribution < -0.4 is 11.1 Å². The lowest BCUT2D eigenvalue weighted by Crippen LogP contribution is -2.14. The Kier molecular flexibility index (Phi) is 3.39. The number of rotatable bonds is 2. The van der Waals surface area contributed by atoms with Gasteiger partial charge in [-0.1, -0.05) is 18.2 Å². The summed E-state index contributed by atoms with van der Waals surface area (Å²) in [7, 11) is 1.62. The lowest BCUT2D eigenvalue weighted by Gasteiger charge is -2.10. The van der Waals surface area contributed by atoms with Gasteiger partial charge in [0.05, 0.1) is 16.6 Å². The maximum atomic E-state index is 12.8. The predicted octanol–water partition coefficient (Wildman–Crippen LogP) is 3.24. The molecule has 0 saturated carbocycles. The van der Waals surface area contributed by atoms with E-state index in [1.807, 2.05) is 31.2 Å². The van der Waals surface area contributed by atoms with Gasteiger partial charge in [-0.2, -0.15) is 0 Å². The normalized spacial score (nSPS) is 11.1. The molecule has 0 aliphatic heterocycles. The van der Waals surface area contributed by atoms with Crippen LogP contribution in [-0.4, -0.2) is 15.5 Å². The summed E-state index contributed by atoms with van der Waals surface area (Å²) < 4.78 is 6.50. The molecular formula is C19H15N3O3. The van der Waals surface area contributed by atoms with Gasteiger partial charge < -0.3 is 9.73 Å². The van der Waals surface area contributed by atoms with Crippen LogP contribution in [0.15, 0.2) is 57.9 Å². The Morgan fingerprint density at radius 2 is 2.04 bits per heavy atom. The third-order valence-electron chi connectivity index (χ3n) is 4.26. The van der Waals surface area contributed by atoms with E-state index in [4.69, 9.17) is 4.42 Å². The van der Waals surface area contributed by atoms with Crippen molar-refractivity contribution < 1.29 is 9.21 Å². The predicted molar refractivity (Wildman–Crippen MR) is 95.9 cm³/mol. The summed E-state index contributed by atoms with van der Waals surface area (Å²) in [5, 5.41) is 3.79. The molecule has 0 spiro atoms. The van der Waals surface area contributed by atoms with Crippen LogP contribution in [0.5, 0.6) is 0 Å². The second-order valence-corrected chi connectivity index (χ2v) is 5.90. The molecule has 0 fully saturated rings. The lowest BCUT2D eigenvalue weighted by atomic mass is 10.0. The number of nitrogens with zero attached hydrogens (tertiary/aromatic N) is 2. The molecule has 6 nitrogen and oxygen atoms in total. The highest BCUT2D eigenvalue weighted by Gasteiger charge is 2.15. The van der Waals surface area contributed by atoms with Crippen LogP contribution in [0.4, 0.5) is 5.69 Å². The molecule has 1 amide bonds. The van der Waals surface area contributed by atoms with Crippen molar-refractivity contribution in [2.45, 2.75) is 6.92 Å². The number of oxazole rings is 1. The van der Waals surface area contributed by atoms with Crippen molar-refractivity contribution in [1.29, 1.82) is 0 Å². The van der Waals surface area contributed by atoms with Gasteiger partial charge in [-0.25, -0.2) is 4.79 Å². The first kappa shape index (κ1) is 15.1. The molecule has 0 atom stereocenters. The SMILES string of the molecule is Cc1ccc2cccnc2c1C(=O)Nc1ccc2oc(=O)n(C)c2c1. The van der Waals surface area contributed by atoms with Gasteiger partial charge in [0.1, 0.15) is 0 Å². The Bertz CT molecular complexity index is 1190. The van der Waals surface area contributed by atoms with Crippen molar-refractivity contribution >= 4 is 33.6 Å². The largest absolute Gasteiger partial charge is 0.419 e. The van der Waals surface area contributed by atoms with Crippen LogP contribution in [0, 0.1) is 6.92 Å². The zero-order valence-electron chi connectivity index (χ0n) is 13.7. The number of aromatic nitrogens is 2. The van der Waals surface area contributed by atoms with E-state index in [0.29, 0.717) is 27.9 Å². The number of benzene rings is 2. The van der Waals surface area contributed by atoms with Gasteiger partial charge in [0, 0.05) is 24.3 Å². The van der Waals surface area contributed by atoms with Gasteiger partial charge in [0.15, 0.2) is 5.58 Å². The van der Waals surface area contributed by atoms with E-state index < -0.39 is 5.76 Å². The topological polar surface area (TPSA) is 77.1 Å². The Morgan fingerprint density at radius 3 is 2.88 bits per heavy atom. The first-order chi connectivity index (χ1) is 12.0. The molecule has 2 aromatic carbocycles. The van der Waals surface area contributed by atoms with Crippen LogP contribution in [0.2, 0.25) is 0 Å². The van der Waals surface area contributed by atoms with E-state index >= 15 is 0 Å². The second-order valence-electron chi connectivity index (χ2n) is 5.90. The van der Waals surface area contributed by atoms with E-state index in [9.17, 15) is 9.59 Å². The fourth-order valence-electron chi connectivity index (χ4n) is 2.93. The third kappa shape index (κ3) is 2.48. The fraction of sp³-hybridized carbons (Fsp3) is 0.105. The average molecular weight is 333 g/mol. The number of anilines is 1. The number of hydrogen-bond donors (Lipinski definition) is 1. The molecule has 0 bridgehead atoms. The van der Waals surface area contributed by atoms with E-state index in [2.05, 4.69) is 10.3 Å². The summed E-state index contributed by atoms with van der Waals surface area (Å²) in [6.07, 6.45) is 1.67. The molecule has 6 heteroatoms. The van der Waals surface area contributed by atoms with Gasteiger partial charge >= 0.3 is 5.76 Å². The number of hydrogen-bond acceptors (Lipinski definition) is 4. The van der Waals surface area contributed by atoms with Crippen molar-refractivity contribution in [1.82, 2.24) is 9.55 Å². The minimum Gasteiger partial charge on any atom is -0.408 e. The molecule has 2 heterocycles. The standard InChI is InChI=1S/C19H15N3O3/c1-11-5-6-12-4-3-9-20-17(12)16(11)18(23)21-13-7-8-15-14(10-13)22(2)19(24)25-15/h3-10H,1-2H3,(H,21,23). The minimum absolute atomic E-state index is 0.241. The van der Waals surface area contributed by atoms with Crippen LogP contribution in [0.25, 0.3) is 22.0 Å². The molecule has 124 valence electrons. The zero-order chi connectivity index (χ0) is 17.6. The van der Waals surface area contributed by atoms with E-state index in [-0.39, 0.29) is 5.91 Å². The molecule has 0 saturated heterocycles. The summed E-state index contributed by atoms with van der Waals surface area (Å²) in [4.78, 5) is 28.8. The average Bonchev–Trinajstić information content (AvgIpc) is 2.89. The van der Waals surface area contributed by atoms with Gasteiger partial charge in [-0.3, -0.25) is 14.3 Å². The quantitative estimate of drug-likeness (QED) is 0.611. The van der Waals surface area contributed by atoms with E-state index in [1.165, 1.54) is 4.57 Å². The summed E-state index contributed by atoms with van der Waals surface area (Å²) in [6, 6.07) is 12.7. The van der Waals surface area contributed by atoms with Gasteiger partial charge in [-0.05, 0) is 36.8 Å². The molecule has 0 unspecified atom stereocenters. The lowest BCUT2D eigenvalue weighted by molar-refractivity contribution is 0.102. The molecular weight excluding hydrogens is 318 g/mol. The zero-order valence-corrected chi connectivity index (χ0v) is 13.7. The number of nitrogens with one attached hydrogen (secondary N) is 1. The minimum atomic E-state index is -0.437. The maximum absolute atomic E-state index is 12.8.